The van der Waals surface area contributed by atoms with E-state index < -0.39 is 11.9 Å². The van der Waals surface area contributed by atoms with E-state index in [9.17, 15) is 18.8 Å². The Kier molecular flexibility index (Phi) is 5.72. The second kappa shape index (κ2) is 8.20. The molecule has 0 radical (unpaired) electrons. The smallest absolute Gasteiger partial charge is 0.326 e. The highest BCUT2D eigenvalue weighted by atomic mass is 19.1. The molecule has 1 saturated heterocycles. The fourth-order valence-electron chi connectivity index (χ4n) is 3.17. The Morgan fingerprint density at radius 2 is 2.04 bits per heavy atom. The van der Waals surface area contributed by atoms with Crippen LogP contribution in [0.2, 0.25) is 0 Å². The van der Waals surface area contributed by atoms with Crippen LogP contribution in [0.3, 0.4) is 0 Å². The maximum atomic E-state index is 14.3. The summed E-state index contributed by atoms with van der Waals surface area (Å²) in [5.41, 5.74) is 0.316. The van der Waals surface area contributed by atoms with Crippen molar-refractivity contribution in [2.45, 2.75) is 18.9 Å². The number of halogens is 1. The Balaban J connectivity index is 1.65. The first-order valence-electron chi connectivity index (χ1n) is 8.95. The van der Waals surface area contributed by atoms with Gasteiger partial charge in [0.05, 0.1) is 0 Å². The highest BCUT2D eigenvalue weighted by Crippen LogP contribution is 2.23. The van der Waals surface area contributed by atoms with E-state index in [2.05, 4.69) is 10.3 Å². The number of imidazole rings is 1. The molecular weight excluding hydrogens is 365 g/mol. The van der Waals surface area contributed by atoms with Gasteiger partial charge in [-0.1, -0.05) is 18.2 Å². The number of carbonyl (C=O) groups is 3. The van der Waals surface area contributed by atoms with E-state index in [1.807, 2.05) is 0 Å². The van der Waals surface area contributed by atoms with E-state index in [4.69, 9.17) is 0 Å². The Labute approximate surface area is 161 Å². The largest absolute Gasteiger partial charge is 0.342 e. The fourth-order valence-corrected chi connectivity index (χ4v) is 3.17. The molecule has 3 rings (SSSR count). The molecule has 1 atom stereocenters. The van der Waals surface area contributed by atoms with E-state index in [0.29, 0.717) is 17.8 Å². The quantitative estimate of drug-likeness (QED) is 0.729. The lowest BCUT2D eigenvalue weighted by molar-refractivity contribution is -0.126. The van der Waals surface area contributed by atoms with Gasteiger partial charge >= 0.3 is 6.03 Å². The zero-order valence-corrected chi connectivity index (χ0v) is 15.8. The second-order valence-corrected chi connectivity index (χ2v) is 6.71. The summed E-state index contributed by atoms with van der Waals surface area (Å²) < 4.78 is 16.0. The van der Waals surface area contributed by atoms with Gasteiger partial charge in [0.15, 0.2) is 0 Å². The van der Waals surface area contributed by atoms with E-state index in [-0.39, 0.29) is 37.4 Å². The summed E-state index contributed by atoms with van der Waals surface area (Å²) in [6, 6.07) is 5.11. The molecule has 9 heteroatoms. The lowest BCUT2D eigenvalue weighted by atomic mass is 10.0. The van der Waals surface area contributed by atoms with E-state index in [1.54, 1.807) is 49.3 Å². The molecule has 0 saturated carbocycles. The van der Waals surface area contributed by atoms with Gasteiger partial charge < -0.3 is 14.8 Å². The lowest BCUT2D eigenvalue weighted by Crippen LogP contribution is -2.34. The van der Waals surface area contributed by atoms with Crippen LogP contribution in [0, 0.1) is 5.82 Å². The molecule has 1 aromatic carbocycles. The minimum atomic E-state index is -0.741. The number of carbonyl (C=O) groups excluding carboxylic acids is 3. The monoisotopic (exact) mass is 387 g/mol. The van der Waals surface area contributed by atoms with E-state index in [0.717, 1.165) is 4.90 Å². The van der Waals surface area contributed by atoms with Gasteiger partial charge in [-0.05, 0) is 12.5 Å². The zero-order valence-electron chi connectivity index (χ0n) is 15.8. The molecule has 0 unspecified atom stereocenters. The summed E-state index contributed by atoms with van der Waals surface area (Å²) in [5, 5.41) is 2.81. The summed E-state index contributed by atoms with van der Waals surface area (Å²) in [6.45, 7) is 0.224. The summed E-state index contributed by atoms with van der Waals surface area (Å²) in [6.07, 6.45) is 3.71. The number of aryl methyl sites for hydroxylation is 1. The Bertz CT molecular complexity index is 897. The van der Waals surface area contributed by atoms with Crippen LogP contribution in [0.1, 0.15) is 30.3 Å². The van der Waals surface area contributed by atoms with Crippen LogP contribution in [0.25, 0.3) is 0 Å². The molecule has 4 amide bonds. The van der Waals surface area contributed by atoms with Crippen molar-refractivity contribution in [1.82, 2.24) is 24.7 Å². The van der Waals surface area contributed by atoms with Crippen LogP contribution in [0.15, 0.2) is 36.7 Å². The topological polar surface area (TPSA) is 87.5 Å². The first-order valence-corrected chi connectivity index (χ1v) is 8.95. The van der Waals surface area contributed by atoms with Crippen molar-refractivity contribution in [2.24, 2.45) is 7.05 Å². The molecule has 0 bridgehead atoms. The Hall–Kier alpha value is -3.23. The molecule has 28 heavy (non-hydrogen) atoms. The SMILES string of the molecule is CN1CC(=O)N(CCCC(=O)N[C@H](c2ccccc2F)c2nccn2C)C1=O. The van der Waals surface area contributed by atoms with Crippen molar-refractivity contribution < 1.29 is 18.8 Å². The van der Waals surface area contributed by atoms with Crippen LogP contribution < -0.4 is 5.32 Å². The summed E-state index contributed by atoms with van der Waals surface area (Å²) in [7, 11) is 3.32. The predicted octanol–water partition coefficient (Wildman–Crippen LogP) is 1.44. The van der Waals surface area contributed by atoms with Gasteiger partial charge in [-0.25, -0.2) is 14.2 Å². The van der Waals surface area contributed by atoms with Crippen LogP contribution in [-0.2, 0) is 16.6 Å². The number of hydrogen-bond donors (Lipinski definition) is 1. The molecule has 1 aromatic heterocycles. The van der Waals surface area contributed by atoms with Gasteiger partial charge in [0, 0.05) is 45.0 Å². The molecule has 2 aromatic rings. The van der Waals surface area contributed by atoms with Gasteiger partial charge in [0.1, 0.15) is 24.2 Å². The maximum Gasteiger partial charge on any atom is 0.326 e. The predicted molar refractivity (Wildman–Crippen MR) is 98.6 cm³/mol. The van der Waals surface area contributed by atoms with Crippen molar-refractivity contribution >= 4 is 17.8 Å². The minimum Gasteiger partial charge on any atom is -0.342 e. The van der Waals surface area contributed by atoms with Crippen LogP contribution in [0.5, 0.6) is 0 Å². The number of rotatable bonds is 7. The first kappa shape index (κ1) is 19.5. The van der Waals surface area contributed by atoms with Crippen molar-refractivity contribution in [1.29, 1.82) is 0 Å². The number of urea groups is 1. The molecule has 1 aliphatic heterocycles. The number of likely N-dealkylation sites (N-methyl/N-ethyl adjacent to an activating group) is 1. The second-order valence-electron chi connectivity index (χ2n) is 6.71. The number of nitrogens with zero attached hydrogens (tertiary/aromatic N) is 4. The van der Waals surface area contributed by atoms with Crippen molar-refractivity contribution in [3.8, 4) is 0 Å². The third-order valence-corrected chi connectivity index (χ3v) is 4.65. The van der Waals surface area contributed by atoms with Crippen molar-refractivity contribution in [3.05, 3.63) is 53.9 Å². The third kappa shape index (κ3) is 4.03. The summed E-state index contributed by atoms with van der Waals surface area (Å²) in [5.74, 6) is -0.522. The normalized spacial score (nSPS) is 15.2. The van der Waals surface area contributed by atoms with Crippen LogP contribution in [0.4, 0.5) is 9.18 Å². The van der Waals surface area contributed by atoms with E-state index >= 15 is 0 Å². The average molecular weight is 387 g/mol. The fraction of sp³-hybridized carbons (Fsp3) is 0.368. The number of aromatic nitrogens is 2. The average Bonchev–Trinajstić information content (AvgIpc) is 3.18. The zero-order chi connectivity index (χ0) is 20.3. The molecular formula is C19H22FN5O3. The van der Waals surface area contributed by atoms with Crippen molar-refractivity contribution in [3.63, 3.8) is 0 Å². The first-order chi connectivity index (χ1) is 13.4. The molecule has 1 fully saturated rings. The Morgan fingerprint density at radius 3 is 2.64 bits per heavy atom. The standard InChI is InChI=1S/C19H22FN5O3/c1-23-11-9-21-18(23)17(13-6-3-4-7-14(13)20)22-15(26)8-5-10-25-16(27)12-24(2)19(25)28/h3-4,6-7,9,11,17H,5,8,10,12H2,1-2H3,(H,22,26)/t17-/m1/s1. The van der Waals surface area contributed by atoms with Gasteiger partial charge in [-0.15, -0.1) is 0 Å². The van der Waals surface area contributed by atoms with Gasteiger partial charge in [0.25, 0.3) is 0 Å². The van der Waals surface area contributed by atoms with Gasteiger partial charge in [-0.2, -0.15) is 0 Å². The molecule has 8 nitrogen and oxygen atoms in total. The van der Waals surface area contributed by atoms with Crippen LogP contribution >= 0.6 is 0 Å². The molecule has 2 heterocycles. The molecule has 1 N–H and O–H groups in total. The molecule has 148 valence electrons. The number of imide groups is 1. The third-order valence-electron chi connectivity index (χ3n) is 4.65. The molecule has 0 aliphatic carbocycles. The highest BCUT2D eigenvalue weighted by molar-refractivity contribution is 6.01. The van der Waals surface area contributed by atoms with E-state index in [1.165, 1.54) is 11.0 Å². The number of amides is 4. The summed E-state index contributed by atoms with van der Waals surface area (Å²) >= 11 is 0. The molecule has 1 aliphatic rings. The lowest BCUT2D eigenvalue weighted by Gasteiger charge is -2.20. The highest BCUT2D eigenvalue weighted by Gasteiger charge is 2.33. The minimum absolute atomic E-state index is 0.0551. The van der Waals surface area contributed by atoms with Crippen molar-refractivity contribution in [2.75, 3.05) is 20.1 Å². The number of nitrogens with one attached hydrogen (secondary N) is 1. The number of hydrogen-bond acceptors (Lipinski definition) is 4. The van der Waals surface area contributed by atoms with Gasteiger partial charge in [0.2, 0.25) is 11.8 Å². The molecule has 0 spiro atoms. The number of benzene rings is 1. The summed E-state index contributed by atoms with van der Waals surface area (Å²) in [4.78, 5) is 42.8. The Morgan fingerprint density at radius 1 is 1.29 bits per heavy atom. The van der Waals surface area contributed by atoms with Gasteiger partial charge in [-0.3, -0.25) is 14.5 Å². The van der Waals surface area contributed by atoms with Crippen LogP contribution in [-0.4, -0.2) is 57.3 Å². The maximum absolute atomic E-state index is 14.3.